The second-order valence-electron chi connectivity index (χ2n) is 3.64. The van der Waals surface area contributed by atoms with Crippen molar-refractivity contribution in [1.29, 1.82) is 0 Å². The quantitative estimate of drug-likeness (QED) is 0.815. The molecular weight excluding hydrogens is 224 g/mol. The van der Waals surface area contributed by atoms with Crippen molar-refractivity contribution in [2.45, 2.75) is 18.2 Å². The first-order chi connectivity index (χ1) is 7.52. The highest BCUT2D eigenvalue weighted by Gasteiger charge is 2.15. The van der Waals surface area contributed by atoms with Crippen molar-refractivity contribution in [2.24, 2.45) is 0 Å². The zero-order chi connectivity index (χ0) is 11.8. The van der Waals surface area contributed by atoms with Crippen LogP contribution in [0.1, 0.15) is 12.5 Å². The SMILES string of the molecule is CCc1cc2ccccc2cc1S(=O)(=O)O. The molecule has 2 aromatic carbocycles. The van der Waals surface area contributed by atoms with E-state index in [4.69, 9.17) is 4.55 Å². The van der Waals surface area contributed by atoms with Crippen molar-refractivity contribution in [3.63, 3.8) is 0 Å². The molecule has 1 N–H and O–H groups in total. The normalized spacial score (nSPS) is 11.9. The Bertz CT molecular complexity index is 630. The van der Waals surface area contributed by atoms with E-state index < -0.39 is 10.1 Å². The fraction of sp³-hybridized carbons (Fsp3) is 0.167. The average molecular weight is 236 g/mol. The molecule has 16 heavy (non-hydrogen) atoms. The zero-order valence-electron chi connectivity index (χ0n) is 8.84. The van der Waals surface area contributed by atoms with Gasteiger partial charge in [0.1, 0.15) is 0 Å². The van der Waals surface area contributed by atoms with Crippen LogP contribution >= 0.6 is 0 Å². The molecule has 3 nitrogen and oxygen atoms in total. The molecular formula is C12H12O3S. The summed E-state index contributed by atoms with van der Waals surface area (Å²) < 4.78 is 31.6. The Labute approximate surface area is 94.5 Å². The van der Waals surface area contributed by atoms with Crippen LogP contribution in [0.2, 0.25) is 0 Å². The molecule has 0 unspecified atom stereocenters. The monoisotopic (exact) mass is 236 g/mol. The first kappa shape index (κ1) is 11.1. The zero-order valence-corrected chi connectivity index (χ0v) is 9.66. The summed E-state index contributed by atoms with van der Waals surface area (Å²) >= 11 is 0. The van der Waals surface area contributed by atoms with Gasteiger partial charge in [-0.3, -0.25) is 4.55 Å². The molecule has 0 spiro atoms. The highest BCUT2D eigenvalue weighted by molar-refractivity contribution is 7.85. The molecule has 0 aromatic heterocycles. The van der Waals surface area contributed by atoms with Crippen molar-refractivity contribution in [3.05, 3.63) is 42.0 Å². The lowest BCUT2D eigenvalue weighted by molar-refractivity contribution is 0.482. The van der Waals surface area contributed by atoms with E-state index in [2.05, 4.69) is 0 Å². The molecule has 0 amide bonds. The molecule has 84 valence electrons. The lowest BCUT2D eigenvalue weighted by Gasteiger charge is -2.07. The predicted octanol–water partition coefficient (Wildman–Crippen LogP) is 2.65. The van der Waals surface area contributed by atoms with Gasteiger partial charge in [-0.1, -0.05) is 31.2 Å². The van der Waals surface area contributed by atoms with E-state index >= 15 is 0 Å². The van der Waals surface area contributed by atoms with Crippen LogP contribution in [0.15, 0.2) is 41.3 Å². The standard InChI is InChI=1S/C12H12O3S/c1-2-9-7-10-5-3-4-6-11(10)8-12(9)16(13,14)15/h3-8H,2H2,1H3,(H,13,14,15). The minimum atomic E-state index is -4.14. The number of rotatable bonds is 2. The van der Waals surface area contributed by atoms with E-state index in [0.29, 0.717) is 12.0 Å². The topological polar surface area (TPSA) is 54.4 Å². The second kappa shape index (κ2) is 3.88. The van der Waals surface area contributed by atoms with Gasteiger partial charge in [-0.2, -0.15) is 8.42 Å². The molecule has 4 heteroatoms. The number of fused-ring (bicyclic) bond motifs is 1. The molecule has 0 heterocycles. The summed E-state index contributed by atoms with van der Waals surface area (Å²) in [6, 6.07) is 10.8. The Hall–Kier alpha value is -1.39. The third-order valence-corrected chi connectivity index (χ3v) is 3.52. The van der Waals surface area contributed by atoms with Crippen LogP contribution in [-0.4, -0.2) is 13.0 Å². The highest BCUT2D eigenvalue weighted by atomic mass is 32.2. The molecule has 0 bridgehead atoms. The maximum Gasteiger partial charge on any atom is 0.294 e. The van der Waals surface area contributed by atoms with Gasteiger partial charge in [0.25, 0.3) is 10.1 Å². The fourth-order valence-corrected chi connectivity index (χ4v) is 2.59. The van der Waals surface area contributed by atoms with Crippen LogP contribution in [0.3, 0.4) is 0 Å². The summed E-state index contributed by atoms with van der Waals surface area (Å²) in [7, 11) is -4.14. The van der Waals surface area contributed by atoms with Gasteiger partial charge in [0, 0.05) is 0 Å². The van der Waals surface area contributed by atoms with Crippen molar-refractivity contribution in [2.75, 3.05) is 0 Å². The van der Waals surface area contributed by atoms with E-state index in [1.165, 1.54) is 6.07 Å². The molecule has 0 saturated carbocycles. The van der Waals surface area contributed by atoms with Crippen LogP contribution in [-0.2, 0) is 16.5 Å². The lowest BCUT2D eigenvalue weighted by Crippen LogP contribution is -2.02. The molecule has 0 aliphatic heterocycles. The van der Waals surface area contributed by atoms with Gasteiger partial charge in [0.15, 0.2) is 0 Å². The first-order valence-corrected chi connectivity index (χ1v) is 6.45. The molecule has 2 aromatic rings. The summed E-state index contributed by atoms with van der Waals surface area (Å²) in [6.07, 6.45) is 0.569. The Morgan fingerprint density at radius 3 is 2.19 bits per heavy atom. The summed E-state index contributed by atoms with van der Waals surface area (Å²) in [5.41, 5.74) is 0.640. The van der Waals surface area contributed by atoms with Crippen LogP contribution in [0.4, 0.5) is 0 Å². The van der Waals surface area contributed by atoms with Crippen molar-refractivity contribution >= 4 is 20.9 Å². The molecule has 0 aliphatic rings. The van der Waals surface area contributed by atoms with Crippen molar-refractivity contribution in [3.8, 4) is 0 Å². The van der Waals surface area contributed by atoms with Gasteiger partial charge in [-0.25, -0.2) is 0 Å². The maximum absolute atomic E-state index is 11.2. The summed E-state index contributed by atoms with van der Waals surface area (Å²) in [6.45, 7) is 1.86. The molecule has 0 fully saturated rings. The van der Waals surface area contributed by atoms with Gasteiger partial charge in [-0.05, 0) is 34.9 Å². The van der Waals surface area contributed by atoms with E-state index in [0.717, 1.165) is 10.8 Å². The average Bonchev–Trinajstić information content (AvgIpc) is 2.26. The Balaban J connectivity index is 2.83. The molecule has 0 radical (unpaired) electrons. The molecule has 0 saturated heterocycles. The van der Waals surface area contributed by atoms with Gasteiger partial charge in [0.2, 0.25) is 0 Å². The summed E-state index contributed by atoms with van der Waals surface area (Å²) in [5, 5.41) is 1.79. The predicted molar refractivity (Wildman–Crippen MR) is 63.1 cm³/mol. The smallest absolute Gasteiger partial charge is 0.282 e. The van der Waals surface area contributed by atoms with E-state index in [-0.39, 0.29) is 4.90 Å². The first-order valence-electron chi connectivity index (χ1n) is 5.01. The number of hydrogen-bond acceptors (Lipinski definition) is 2. The molecule has 0 atom stereocenters. The van der Waals surface area contributed by atoms with E-state index in [1.807, 2.05) is 31.2 Å². The number of hydrogen-bond donors (Lipinski definition) is 1. The molecule has 2 rings (SSSR count). The number of benzene rings is 2. The van der Waals surface area contributed by atoms with Gasteiger partial charge >= 0.3 is 0 Å². The van der Waals surface area contributed by atoms with Crippen LogP contribution in [0.5, 0.6) is 0 Å². The second-order valence-corrected chi connectivity index (χ2v) is 5.03. The maximum atomic E-state index is 11.2. The third-order valence-electron chi connectivity index (χ3n) is 2.59. The van der Waals surface area contributed by atoms with Gasteiger partial charge in [0.05, 0.1) is 4.90 Å². The fourth-order valence-electron chi connectivity index (χ4n) is 1.78. The van der Waals surface area contributed by atoms with Crippen molar-refractivity contribution in [1.82, 2.24) is 0 Å². The van der Waals surface area contributed by atoms with Gasteiger partial charge < -0.3 is 0 Å². The lowest BCUT2D eigenvalue weighted by atomic mass is 10.1. The van der Waals surface area contributed by atoms with Gasteiger partial charge in [-0.15, -0.1) is 0 Å². The Morgan fingerprint density at radius 2 is 1.69 bits per heavy atom. The summed E-state index contributed by atoms with van der Waals surface area (Å²) in [4.78, 5) is 0.00806. The van der Waals surface area contributed by atoms with E-state index in [9.17, 15) is 8.42 Å². The minimum absolute atomic E-state index is 0.00806. The highest BCUT2D eigenvalue weighted by Crippen LogP contribution is 2.23. The van der Waals surface area contributed by atoms with Crippen molar-refractivity contribution < 1.29 is 13.0 Å². The van der Waals surface area contributed by atoms with E-state index in [1.54, 1.807) is 6.07 Å². The van der Waals surface area contributed by atoms with Crippen LogP contribution < -0.4 is 0 Å². The largest absolute Gasteiger partial charge is 0.294 e. The Morgan fingerprint density at radius 1 is 1.12 bits per heavy atom. The number of aryl methyl sites for hydroxylation is 1. The third kappa shape index (κ3) is 1.94. The minimum Gasteiger partial charge on any atom is -0.282 e. The van der Waals surface area contributed by atoms with Crippen LogP contribution in [0, 0.1) is 0 Å². The molecule has 0 aliphatic carbocycles. The van der Waals surface area contributed by atoms with Crippen LogP contribution in [0.25, 0.3) is 10.8 Å². The summed E-state index contributed by atoms with van der Waals surface area (Å²) in [5.74, 6) is 0. The Kier molecular flexibility index (Phi) is 2.69.